The number of amides is 1. The van der Waals surface area contributed by atoms with Crippen LogP contribution >= 0.6 is 0 Å². The van der Waals surface area contributed by atoms with E-state index in [1.807, 2.05) is 43.0 Å². The average Bonchev–Trinajstić information content (AvgIpc) is 2.43. The number of para-hydroxylation sites is 2. The summed E-state index contributed by atoms with van der Waals surface area (Å²) in [4.78, 5) is 14.2. The highest BCUT2D eigenvalue weighted by molar-refractivity contribution is 5.96. The van der Waals surface area contributed by atoms with Crippen molar-refractivity contribution in [2.24, 2.45) is 5.92 Å². The highest BCUT2D eigenvalue weighted by Gasteiger charge is 2.26. The molecule has 18 heavy (non-hydrogen) atoms. The van der Waals surface area contributed by atoms with Crippen LogP contribution in [0, 0.1) is 5.92 Å². The number of carbonyl (C=O) groups is 1. The van der Waals surface area contributed by atoms with Gasteiger partial charge in [-0.05, 0) is 18.7 Å². The van der Waals surface area contributed by atoms with Gasteiger partial charge in [-0.25, -0.2) is 0 Å². The van der Waals surface area contributed by atoms with E-state index >= 15 is 0 Å². The quantitative estimate of drug-likeness (QED) is 0.881. The molecular formula is C14H20N2O2. The van der Waals surface area contributed by atoms with Gasteiger partial charge in [0.1, 0.15) is 12.4 Å². The first-order valence-corrected chi connectivity index (χ1v) is 6.48. The van der Waals surface area contributed by atoms with Gasteiger partial charge in [0.2, 0.25) is 5.91 Å². The number of benzene rings is 1. The molecule has 1 heterocycles. The molecule has 0 saturated heterocycles. The summed E-state index contributed by atoms with van der Waals surface area (Å²) in [7, 11) is 0. The van der Waals surface area contributed by atoms with Crippen molar-refractivity contribution in [1.82, 2.24) is 5.32 Å². The fraction of sp³-hybridized carbons (Fsp3) is 0.500. The predicted octanol–water partition coefficient (Wildman–Crippen LogP) is 1.66. The van der Waals surface area contributed by atoms with Crippen molar-refractivity contribution in [2.45, 2.75) is 13.8 Å². The van der Waals surface area contributed by atoms with E-state index < -0.39 is 0 Å². The minimum atomic E-state index is -0.0175. The molecule has 0 fully saturated rings. The fourth-order valence-electron chi connectivity index (χ4n) is 2.11. The van der Waals surface area contributed by atoms with Crippen LogP contribution in [0.4, 0.5) is 5.69 Å². The molecule has 0 spiro atoms. The third-order valence-corrected chi connectivity index (χ3v) is 3.12. The van der Waals surface area contributed by atoms with E-state index in [0.717, 1.165) is 24.5 Å². The number of nitrogens with one attached hydrogen (secondary N) is 1. The summed E-state index contributed by atoms with van der Waals surface area (Å²) in [6.07, 6.45) is 0. The Labute approximate surface area is 108 Å². The second-order valence-corrected chi connectivity index (χ2v) is 4.51. The van der Waals surface area contributed by atoms with Crippen molar-refractivity contribution in [3.8, 4) is 5.75 Å². The molecular weight excluding hydrogens is 228 g/mol. The predicted molar refractivity (Wildman–Crippen MR) is 72.0 cm³/mol. The number of hydrogen-bond acceptors (Lipinski definition) is 3. The van der Waals surface area contributed by atoms with Crippen molar-refractivity contribution in [1.29, 1.82) is 0 Å². The van der Waals surface area contributed by atoms with Gasteiger partial charge in [-0.15, -0.1) is 0 Å². The molecule has 1 aromatic carbocycles. The highest BCUT2D eigenvalue weighted by Crippen LogP contribution is 2.31. The maximum atomic E-state index is 12.4. The average molecular weight is 248 g/mol. The molecule has 4 nitrogen and oxygen atoms in total. The second-order valence-electron chi connectivity index (χ2n) is 4.51. The summed E-state index contributed by atoms with van der Waals surface area (Å²) in [6, 6.07) is 7.70. The molecule has 0 aromatic heterocycles. The van der Waals surface area contributed by atoms with Gasteiger partial charge in [0.25, 0.3) is 0 Å². The molecule has 0 saturated carbocycles. The summed E-state index contributed by atoms with van der Waals surface area (Å²) in [6.45, 7) is 6.81. The Morgan fingerprint density at radius 3 is 3.06 bits per heavy atom. The summed E-state index contributed by atoms with van der Waals surface area (Å²) in [5.41, 5.74) is 0.886. The van der Waals surface area contributed by atoms with Crippen LogP contribution in [-0.2, 0) is 4.79 Å². The van der Waals surface area contributed by atoms with Crippen molar-refractivity contribution < 1.29 is 9.53 Å². The minimum Gasteiger partial charge on any atom is -0.490 e. The molecule has 1 aliphatic rings. The fourth-order valence-corrected chi connectivity index (χ4v) is 2.11. The molecule has 4 heteroatoms. The number of ether oxygens (including phenoxy) is 1. The lowest BCUT2D eigenvalue weighted by molar-refractivity contribution is -0.122. The van der Waals surface area contributed by atoms with E-state index in [1.165, 1.54) is 0 Å². The summed E-state index contributed by atoms with van der Waals surface area (Å²) < 4.78 is 5.56. The first kappa shape index (κ1) is 12.9. The summed E-state index contributed by atoms with van der Waals surface area (Å²) in [5, 5.41) is 3.21. The Balaban J connectivity index is 2.12. The molecule has 0 radical (unpaired) electrons. The van der Waals surface area contributed by atoms with E-state index in [-0.39, 0.29) is 11.8 Å². The smallest absolute Gasteiger partial charge is 0.231 e. The molecule has 1 amide bonds. The molecule has 1 N–H and O–H groups in total. The van der Waals surface area contributed by atoms with Crippen LogP contribution in [0.1, 0.15) is 13.8 Å². The lowest BCUT2D eigenvalue weighted by atomic mass is 10.1. The minimum absolute atomic E-state index is 0.0175. The lowest BCUT2D eigenvalue weighted by Crippen LogP contribution is -2.43. The van der Waals surface area contributed by atoms with Crippen molar-refractivity contribution in [2.75, 3.05) is 31.1 Å². The van der Waals surface area contributed by atoms with Crippen LogP contribution < -0.4 is 15.0 Å². The first-order valence-electron chi connectivity index (χ1n) is 6.48. The Kier molecular flexibility index (Phi) is 4.20. The topological polar surface area (TPSA) is 41.6 Å². The van der Waals surface area contributed by atoms with Crippen molar-refractivity contribution in [3.63, 3.8) is 0 Å². The van der Waals surface area contributed by atoms with Gasteiger partial charge in [0.05, 0.1) is 12.2 Å². The largest absolute Gasteiger partial charge is 0.490 e. The zero-order valence-corrected chi connectivity index (χ0v) is 11.0. The highest BCUT2D eigenvalue weighted by atomic mass is 16.5. The van der Waals surface area contributed by atoms with E-state index in [0.29, 0.717) is 13.2 Å². The standard InChI is InChI=1S/C14H20N2O2/c1-3-15-10-11(2)14(17)16-8-9-18-13-7-5-4-6-12(13)16/h4-7,11,15H,3,8-10H2,1-2H3. The Morgan fingerprint density at radius 1 is 1.50 bits per heavy atom. The van der Waals surface area contributed by atoms with Crippen LogP contribution in [0.5, 0.6) is 5.75 Å². The van der Waals surface area contributed by atoms with Crippen LogP contribution in [0.25, 0.3) is 0 Å². The number of fused-ring (bicyclic) bond motifs is 1. The van der Waals surface area contributed by atoms with E-state index in [9.17, 15) is 4.79 Å². The van der Waals surface area contributed by atoms with E-state index in [2.05, 4.69) is 5.32 Å². The maximum Gasteiger partial charge on any atom is 0.231 e. The number of anilines is 1. The number of nitrogens with zero attached hydrogens (tertiary/aromatic N) is 1. The summed E-state index contributed by atoms with van der Waals surface area (Å²) in [5.74, 6) is 0.940. The number of hydrogen-bond donors (Lipinski definition) is 1. The maximum absolute atomic E-state index is 12.4. The molecule has 98 valence electrons. The molecule has 0 bridgehead atoms. The third kappa shape index (κ3) is 2.64. The van der Waals surface area contributed by atoms with Crippen molar-refractivity contribution >= 4 is 11.6 Å². The van der Waals surface area contributed by atoms with Gasteiger partial charge in [-0.2, -0.15) is 0 Å². The Bertz CT molecular complexity index is 420. The van der Waals surface area contributed by atoms with Gasteiger partial charge in [-0.1, -0.05) is 26.0 Å². The van der Waals surface area contributed by atoms with Crippen LogP contribution in [0.3, 0.4) is 0 Å². The summed E-state index contributed by atoms with van der Waals surface area (Å²) >= 11 is 0. The molecule has 2 rings (SSSR count). The van der Waals surface area contributed by atoms with E-state index in [1.54, 1.807) is 0 Å². The van der Waals surface area contributed by atoms with Gasteiger partial charge in [0.15, 0.2) is 0 Å². The normalized spacial score (nSPS) is 15.8. The molecule has 1 aromatic rings. The monoisotopic (exact) mass is 248 g/mol. The molecule has 1 aliphatic heterocycles. The zero-order chi connectivity index (χ0) is 13.0. The molecule has 0 aliphatic carbocycles. The van der Waals surface area contributed by atoms with Gasteiger partial charge in [0, 0.05) is 12.5 Å². The lowest BCUT2D eigenvalue weighted by Gasteiger charge is -2.31. The Morgan fingerprint density at radius 2 is 2.28 bits per heavy atom. The number of carbonyl (C=O) groups excluding carboxylic acids is 1. The van der Waals surface area contributed by atoms with Gasteiger partial charge in [-0.3, -0.25) is 4.79 Å². The second kappa shape index (κ2) is 5.87. The van der Waals surface area contributed by atoms with Gasteiger partial charge >= 0.3 is 0 Å². The van der Waals surface area contributed by atoms with Crippen LogP contribution in [0.15, 0.2) is 24.3 Å². The SMILES string of the molecule is CCNCC(C)C(=O)N1CCOc2ccccc21. The third-order valence-electron chi connectivity index (χ3n) is 3.12. The molecule has 1 unspecified atom stereocenters. The van der Waals surface area contributed by atoms with Crippen molar-refractivity contribution in [3.05, 3.63) is 24.3 Å². The molecule has 1 atom stereocenters. The number of rotatable bonds is 4. The Hall–Kier alpha value is -1.55. The zero-order valence-electron chi connectivity index (χ0n) is 11.0. The van der Waals surface area contributed by atoms with E-state index in [4.69, 9.17) is 4.74 Å². The van der Waals surface area contributed by atoms with Gasteiger partial charge < -0.3 is 15.0 Å². The van der Waals surface area contributed by atoms with Crippen LogP contribution in [-0.4, -0.2) is 32.1 Å². The first-order chi connectivity index (χ1) is 8.74. The van der Waals surface area contributed by atoms with Crippen LogP contribution in [0.2, 0.25) is 0 Å².